The number of carbonyl (C=O) groups is 2. The lowest BCUT2D eigenvalue weighted by molar-refractivity contribution is -0.388. The Bertz CT molecular complexity index is 2060. The third-order valence-electron chi connectivity index (χ3n) is 8.61. The molecule has 2 aliphatic heterocycles. The molecule has 4 aromatic rings. The van der Waals surface area contributed by atoms with Crippen LogP contribution < -0.4 is 25.5 Å². The van der Waals surface area contributed by atoms with Crippen molar-refractivity contribution in [1.82, 2.24) is 29.0 Å². The van der Waals surface area contributed by atoms with E-state index in [1.165, 1.54) is 13.4 Å². The van der Waals surface area contributed by atoms with Crippen molar-refractivity contribution < 1.29 is 37.2 Å². The van der Waals surface area contributed by atoms with Crippen LogP contribution in [0.5, 0.6) is 5.75 Å². The number of aromatic nitrogens is 6. The molecule has 5 heterocycles. The Kier molecular flexibility index (Phi) is 9.80. The number of anilines is 2. The summed E-state index contributed by atoms with van der Waals surface area (Å²) in [4.78, 5) is 56.4. The van der Waals surface area contributed by atoms with Gasteiger partial charge in [0.2, 0.25) is 23.1 Å². The Hall–Kier alpha value is -5.03. The summed E-state index contributed by atoms with van der Waals surface area (Å²) in [6, 6.07) is 2.66. The quantitative estimate of drug-likeness (QED) is 0.290. The number of nitrogens with one attached hydrogen (secondary N) is 2. The van der Waals surface area contributed by atoms with Crippen LogP contribution in [0.1, 0.15) is 46.6 Å². The molecule has 264 valence electrons. The number of methoxy groups -OCH3 is 1. The van der Waals surface area contributed by atoms with Crippen LogP contribution in [0.4, 0.5) is 24.5 Å². The summed E-state index contributed by atoms with van der Waals surface area (Å²) in [5, 5.41) is 6.85. The van der Waals surface area contributed by atoms with Crippen LogP contribution in [0.25, 0.3) is 11.4 Å². The zero-order chi connectivity index (χ0) is 35.7. The number of benzene rings is 1. The number of piperazine rings is 1. The predicted molar refractivity (Wildman–Crippen MR) is 175 cm³/mol. The lowest BCUT2D eigenvalue weighted by Gasteiger charge is -2.36. The molecule has 0 aliphatic carbocycles. The molecule has 0 saturated carbocycles. The molecule has 2 N–H and O–H groups in total. The number of nitrogens with zero attached hydrogens (tertiary/aromatic N) is 7. The number of amides is 2. The Morgan fingerprint density at radius 2 is 1.94 bits per heavy atom. The van der Waals surface area contributed by atoms with Gasteiger partial charge in [0.05, 0.1) is 42.3 Å². The summed E-state index contributed by atoms with van der Waals surface area (Å²) >= 11 is 6.12. The van der Waals surface area contributed by atoms with Crippen LogP contribution in [0.15, 0.2) is 35.4 Å². The second-order valence-corrected chi connectivity index (χ2v) is 12.1. The Morgan fingerprint density at radius 1 is 1.18 bits per heavy atom. The Labute approximate surface area is 288 Å². The fraction of sp³-hybridized carbons (Fsp3) is 0.406. The lowest BCUT2D eigenvalue weighted by atomic mass is 10.1. The molecule has 14 nitrogen and oxygen atoms in total. The van der Waals surface area contributed by atoms with E-state index >= 15 is 0 Å². The molecule has 0 unspecified atom stereocenters. The average Bonchev–Trinajstić information content (AvgIpc) is 3.56. The van der Waals surface area contributed by atoms with E-state index in [9.17, 15) is 27.6 Å². The maximum atomic E-state index is 14.2. The van der Waals surface area contributed by atoms with Crippen LogP contribution in [0, 0.1) is 6.92 Å². The molecule has 18 heteroatoms. The molecule has 0 atom stereocenters. The first kappa shape index (κ1) is 34.8. The number of H-pyrrole nitrogens is 1. The second-order valence-electron chi connectivity index (χ2n) is 11.7. The standard InChI is InChI=1S/C32H33ClF3N9O5/c1-4-23-26(42-9-11-43(12-10-42)29(47)25-27(49-3)18(2)37-17-38-25)30(48)45-31(40-28(41-45)19-7-13-50-14-8-19)44(23)16-24(46)39-22-6-5-20(15-21(22)33)32(34,35)36/h5-7,15,17H,4,8-14,16H2,1-3H3,(H,39,46)/p+1. The zero-order valence-electron chi connectivity index (χ0n) is 27.4. The summed E-state index contributed by atoms with van der Waals surface area (Å²) in [6.45, 7) is 5.19. The highest BCUT2D eigenvalue weighted by Crippen LogP contribution is 2.34. The molecule has 1 saturated heterocycles. The van der Waals surface area contributed by atoms with E-state index in [0.29, 0.717) is 67.8 Å². The zero-order valence-corrected chi connectivity index (χ0v) is 28.2. The number of fused-ring (bicyclic) bond motifs is 1. The van der Waals surface area contributed by atoms with Crippen molar-refractivity contribution >= 4 is 46.1 Å². The maximum Gasteiger partial charge on any atom is 0.416 e. The van der Waals surface area contributed by atoms with Crippen molar-refractivity contribution in [2.24, 2.45) is 0 Å². The maximum absolute atomic E-state index is 14.2. The van der Waals surface area contributed by atoms with Crippen molar-refractivity contribution in [3.8, 4) is 5.75 Å². The number of carbonyl (C=O) groups excluding carboxylic acids is 2. The number of ether oxygens (including phenoxy) is 2. The second kappa shape index (κ2) is 14.1. The molecule has 1 aromatic carbocycles. The average molecular weight is 717 g/mol. The van der Waals surface area contributed by atoms with Gasteiger partial charge in [-0.1, -0.05) is 29.6 Å². The normalized spacial score (nSPS) is 15.3. The minimum absolute atomic E-state index is 0.00595. The molecule has 0 bridgehead atoms. The van der Waals surface area contributed by atoms with Gasteiger partial charge in [0, 0.05) is 33.1 Å². The van der Waals surface area contributed by atoms with E-state index in [0.717, 1.165) is 28.3 Å². The highest BCUT2D eigenvalue weighted by atomic mass is 35.5. The summed E-state index contributed by atoms with van der Waals surface area (Å²) < 4.78 is 53.1. The number of aryl methyl sites for hydroxylation is 1. The Balaban J connectivity index is 1.34. The minimum atomic E-state index is -4.60. The van der Waals surface area contributed by atoms with Crippen molar-refractivity contribution in [1.29, 1.82) is 0 Å². The molecule has 1 fully saturated rings. The van der Waals surface area contributed by atoms with Crippen molar-refractivity contribution in [3.05, 3.63) is 74.4 Å². The van der Waals surface area contributed by atoms with Crippen LogP contribution in [-0.2, 0) is 28.7 Å². The number of halogens is 4. The topological polar surface area (TPSA) is 150 Å². The third kappa shape index (κ3) is 6.74. The van der Waals surface area contributed by atoms with Crippen LogP contribution in [0.3, 0.4) is 0 Å². The van der Waals surface area contributed by atoms with Gasteiger partial charge in [-0.2, -0.15) is 22.7 Å². The smallest absolute Gasteiger partial charge is 0.416 e. The SMILES string of the molecule is CCc1c(N2CCN(C(=O)c3[nH+]cnc(C)c3OC)CC2)c(=O)n2nc(C3=CCOCC3)nc2n1CC(=O)Nc1ccc(C(F)(F)F)cc1Cl. The van der Waals surface area contributed by atoms with Gasteiger partial charge < -0.3 is 29.2 Å². The van der Waals surface area contributed by atoms with Gasteiger partial charge in [-0.25, -0.2) is 4.98 Å². The fourth-order valence-electron chi connectivity index (χ4n) is 6.12. The number of hydrogen-bond acceptors (Lipinski definition) is 9. The molecular weight excluding hydrogens is 683 g/mol. The van der Waals surface area contributed by atoms with Crippen LogP contribution in [-0.4, -0.2) is 87.4 Å². The molecule has 0 spiro atoms. The van der Waals surface area contributed by atoms with Gasteiger partial charge in [-0.15, -0.1) is 5.10 Å². The third-order valence-corrected chi connectivity index (χ3v) is 8.92. The fourth-order valence-corrected chi connectivity index (χ4v) is 6.35. The predicted octanol–water partition coefficient (Wildman–Crippen LogP) is 3.06. The highest BCUT2D eigenvalue weighted by Gasteiger charge is 2.33. The number of hydrogen-bond donors (Lipinski definition) is 1. The van der Waals surface area contributed by atoms with Gasteiger partial charge in [-0.05, 0) is 36.6 Å². The number of alkyl halides is 3. The van der Waals surface area contributed by atoms with E-state index in [1.807, 2.05) is 17.9 Å². The van der Waals surface area contributed by atoms with E-state index in [1.54, 1.807) is 16.4 Å². The molecule has 6 rings (SSSR count). The summed E-state index contributed by atoms with van der Waals surface area (Å²) in [6.07, 6.45) is -0.498. The van der Waals surface area contributed by atoms with Gasteiger partial charge in [0.25, 0.3) is 17.8 Å². The van der Waals surface area contributed by atoms with Gasteiger partial charge >= 0.3 is 6.18 Å². The number of aromatic amines is 1. The molecule has 3 aromatic heterocycles. The van der Waals surface area contributed by atoms with E-state index < -0.39 is 23.2 Å². The number of rotatable bonds is 8. The largest absolute Gasteiger partial charge is 0.489 e. The van der Waals surface area contributed by atoms with Crippen molar-refractivity contribution in [3.63, 3.8) is 0 Å². The first-order valence-corrected chi connectivity index (χ1v) is 16.2. The highest BCUT2D eigenvalue weighted by molar-refractivity contribution is 6.33. The molecule has 2 amide bonds. The monoisotopic (exact) mass is 716 g/mol. The van der Waals surface area contributed by atoms with Gasteiger partial charge in [0.15, 0.2) is 11.5 Å². The minimum Gasteiger partial charge on any atom is -0.489 e. The first-order chi connectivity index (χ1) is 23.9. The Morgan fingerprint density at radius 3 is 2.58 bits per heavy atom. The van der Waals surface area contributed by atoms with Crippen molar-refractivity contribution in [2.45, 2.75) is 39.4 Å². The van der Waals surface area contributed by atoms with Gasteiger partial charge in [0.1, 0.15) is 12.2 Å². The van der Waals surface area contributed by atoms with Crippen LogP contribution in [0.2, 0.25) is 5.02 Å². The molecule has 0 radical (unpaired) electrons. The molecular formula is C32H34ClF3N9O5+. The first-order valence-electron chi connectivity index (χ1n) is 15.8. The molecule has 2 aliphatic rings. The van der Waals surface area contributed by atoms with Gasteiger partial charge in [-0.3, -0.25) is 14.4 Å². The van der Waals surface area contributed by atoms with E-state index in [2.05, 4.69) is 25.4 Å². The summed E-state index contributed by atoms with van der Waals surface area (Å²) in [7, 11) is 1.46. The molecule has 50 heavy (non-hydrogen) atoms. The van der Waals surface area contributed by atoms with E-state index in [-0.39, 0.29) is 47.7 Å². The van der Waals surface area contributed by atoms with Crippen molar-refractivity contribution in [2.75, 3.05) is 56.7 Å². The summed E-state index contributed by atoms with van der Waals surface area (Å²) in [5.41, 5.74) is 1.01. The van der Waals surface area contributed by atoms with Crippen LogP contribution >= 0.6 is 11.6 Å². The summed E-state index contributed by atoms with van der Waals surface area (Å²) in [5.74, 6) is -0.103. The van der Waals surface area contributed by atoms with E-state index in [4.69, 9.17) is 21.1 Å². The lowest BCUT2D eigenvalue weighted by Crippen LogP contribution is -2.51.